The van der Waals surface area contributed by atoms with Gasteiger partial charge in [-0.1, -0.05) is 11.2 Å². The zero-order chi connectivity index (χ0) is 15.0. The van der Waals surface area contributed by atoms with Crippen molar-refractivity contribution in [1.29, 1.82) is 0 Å². The molecule has 0 aliphatic heterocycles. The van der Waals surface area contributed by atoms with Crippen molar-refractivity contribution in [2.24, 2.45) is 0 Å². The van der Waals surface area contributed by atoms with Crippen LogP contribution in [0.25, 0.3) is 16.8 Å². The minimum Gasteiger partial charge on any atom is -0.609 e. The smallest absolute Gasteiger partial charge is 0.359 e. The molecule has 3 aromatic rings. The van der Waals surface area contributed by atoms with Gasteiger partial charge in [0.25, 0.3) is 0 Å². The fourth-order valence-corrected chi connectivity index (χ4v) is 2.53. The van der Waals surface area contributed by atoms with E-state index in [9.17, 15) is 8.94 Å². The van der Waals surface area contributed by atoms with Gasteiger partial charge in [0.15, 0.2) is 0 Å². The van der Waals surface area contributed by atoms with Crippen molar-refractivity contribution in [3.8, 4) is 17.0 Å². The Labute approximate surface area is 123 Å². The first-order chi connectivity index (χ1) is 10.1. The Bertz CT molecular complexity index is 804. The molecule has 0 N–H and O–H groups in total. The number of fused-ring (bicyclic) bond motifs is 1. The van der Waals surface area contributed by atoms with Crippen molar-refractivity contribution in [3.05, 3.63) is 42.3 Å². The van der Waals surface area contributed by atoms with Gasteiger partial charge in [-0.15, -0.1) is 0 Å². The second-order valence-corrected chi connectivity index (χ2v) is 5.64. The maximum Gasteiger partial charge on any atom is 0.359 e. The second-order valence-electron chi connectivity index (χ2n) is 4.37. The maximum absolute atomic E-state index is 14.2. The molecule has 0 bridgehead atoms. The van der Waals surface area contributed by atoms with Crippen molar-refractivity contribution < 1.29 is 13.7 Å². The molecule has 1 atom stereocenters. The van der Waals surface area contributed by atoms with E-state index in [1.165, 1.54) is 23.9 Å². The molecule has 0 radical (unpaired) electrons. The lowest BCUT2D eigenvalue weighted by Crippen LogP contribution is -2.08. The van der Waals surface area contributed by atoms with Crippen molar-refractivity contribution >= 4 is 16.7 Å². The molecule has 0 saturated carbocycles. The number of rotatable bonds is 3. The van der Waals surface area contributed by atoms with Gasteiger partial charge in [0.05, 0.1) is 30.1 Å². The van der Waals surface area contributed by atoms with Crippen LogP contribution in [0.3, 0.4) is 0 Å². The summed E-state index contributed by atoms with van der Waals surface area (Å²) >= 11 is -1.31. The van der Waals surface area contributed by atoms with Gasteiger partial charge >= 0.3 is 5.16 Å². The van der Waals surface area contributed by atoms with Crippen LogP contribution in [-0.2, 0) is 11.2 Å². The third-order valence-electron chi connectivity index (χ3n) is 3.09. The quantitative estimate of drug-likeness (QED) is 0.696. The molecule has 1 aromatic carbocycles. The lowest BCUT2D eigenvalue weighted by atomic mass is 10.1. The Kier molecular flexibility index (Phi) is 3.52. The Hall–Kier alpha value is -2.12. The van der Waals surface area contributed by atoms with Crippen LogP contribution >= 0.6 is 0 Å². The summed E-state index contributed by atoms with van der Waals surface area (Å²) in [5, 5.41) is 4.40. The molecule has 108 valence electrons. The van der Waals surface area contributed by atoms with Crippen molar-refractivity contribution in [2.45, 2.75) is 5.16 Å². The highest BCUT2D eigenvalue weighted by molar-refractivity contribution is 7.90. The fourth-order valence-electron chi connectivity index (χ4n) is 2.13. The van der Waals surface area contributed by atoms with Crippen LogP contribution in [0.5, 0.6) is 5.75 Å². The third kappa shape index (κ3) is 2.34. The van der Waals surface area contributed by atoms with E-state index < -0.39 is 17.0 Å². The molecule has 1 unspecified atom stereocenters. The highest BCUT2D eigenvalue weighted by Gasteiger charge is 2.18. The lowest BCUT2D eigenvalue weighted by Gasteiger charge is -2.09. The Morgan fingerprint density at radius 1 is 1.29 bits per heavy atom. The van der Waals surface area contributed by atoms with Crippen LogP contribution in [0, 0.1) is 5.82 Å². The van der Waals surface area contributed by atoms with E-state index in [0.717, 1.165) is 0 Å². The normalized spacial score (nSPS) is 12.6. The zero-order valence-electron chi connectivity index (χ0n) is 11.4. The standard InChI is InChI=1S/C14H12FN3O2S/c1-20-12-5-3-4-10(15)13(12)11-7-6-9-8-16-14(21(2)19)17-18(9)11/h3-8H,1-2H3. The molecule has 2 heterocycles. The topological polar surface area (TPSA) is 62.5 Å². The van der Waals surface area contributed by atoms with Gasteiger partial charge in [0.1, 0.15) is 17.8 Å². The summed E-state index contributed by atoms with van der Waals surface area (Å²) in [4.78, 5) is 4.02. The summed E-state index contributed by atoms with van der Waals surface area (Å²) in [6, 6.07) is 8.11. The zero-order valence-corrected chi connectivity index (χ0v) is 12.2. The molecule has 5 nitrogen and oxygen atoms in total. The number of hydrogen-bond donors (Lipinski definition) is 0. The van der Waals surface area contributed by atoms with E-state index in [2.05, 4.69) is 10.1 Å². The lowest BCUT2D eigenvalue weighted by molar-refractivity contribution is 0.413. The molecule has 0 aliphatic carbocycles. The van der Waals surface area contributed by atoms with E-state index in [-0.39, 0.29) is 5.16 Å². The Morgan fingerprint density at radius 3 is 2.81 bits per heavy atom. The van der Waals surface area contributed by atoms with Crippen LogP contribution in [0.4, 0.5) is 4.39 Å². The van der Waals surface area contributed by atoms with Crippen LogP contribution in [0.2, 0.25) is 0 Å². The summed E-state index contributed by atoms with van der Waals surface area (Å²) < 4.78 is 32.5. The van der Waals surface area contributed by atoms with Crippen molar-refractivity contribution in [2.75, 3.05) is 13.4 Å². The molecule has 3 rings (SSSR count). The number of methoxy groups -OCH3 is 1. The van der Waals surface area contributed by atoms with E-state index in [1.807, 2.05) is 0 Å². The molecule has 21 heavy (non-hydrogen) atoms. The molecule has 0 spiro atoms. The molecule has 0 aliphatic rings. The Balaban J connectivity index is 2.28. The largest absolute Gasteiger partial charge is 0.609 e. The van der Waals surface area contributed by atoms with Gasteiger partial charge in [-0.25, -0.2) is 8.91 Å². The predicted molar refractivity (Wildman–Crippen MR) is 77.3 cm³/mol. The molecule has 0 amide bonds. The van der Waals surface area contributed by atoms with Crippen LogP contribution < -0.4 is 4.74 Å². The number of hydrogen-bond acceptors (Lipinski definition) is 4. The van der Waals surface area contributed by atoms with E-state index in [1.54, 1.807) is 30.5 Å². The molecular formula is C14H12FN3O2S. The van der Waals surface area contributed by atoms with E-state index in [4.69, 9.17) is 4.74 Å². The predicted octanol–water partition coefficient (Wildman–Crippen LogP) is 2.28. The van der Waals surface area contributed by atoms with Gasteiger partial charge in [-0.2, -0.15) is 4.98 Å². The summed E-state index contributed by atoms with van der Waals surface area (Å²) in [5.74, 6) is -0.0000775. The van der Waals surface area contributed by atoms with Gasteiger partial charge in [0, 0.05) is 11.2 Å². The SMILES string of the molecule is COc1cccc(F)c1-c1ccc2cnc([S+](C)[O-])nn12. The molecule has 0 fully saturated rings. The monoisotopic (exact) mass is 305 g/mol. The first-order valence-electron chi connectivity index (χ1n) is 6.13. The molecule has 0 saturated heterocycles. The summed E-state index contributed by atoms with van der Waals surface area (Å²) in [7, 11) is 1.48. The molecular weight excluding hydrogens is 293 g/mol. The molecule has 7 heteroatoms. The number of ether oxygens (including phenoxy) is 1. The van der Waals surface area contributed by atoms with Gasteiger partial charge < -0.3 is 9.29 Å². The highest BCUT2D eigenvalue weighted by atomic mass is 32.2. The average Bonchev–Trinajstić information content (AvgIpc) is 2.89. The van der Waals surface area contributed by atoms with Crippen LogP contribution in [0.1, 0.15) is 0 Å². The van der Waals surface area contributed by atoms with E-state index >= 15 is 0 Å². The minimum absolute atomic E-state index is 0.190. The van der Waals surface area contributed by atoms with Crippen LogP contribution in [0.15, 0.2) is 41.7 Å². The van der Waals surface area contributed by atoms with E-state index in [0.29, 0.717) is 22.5 Å². The number of benzene rings is 1. The number of halogens is 1. The van der Waals surface area contributed by atoms with Gasteiger partial charge in [0.2, 0.25) is 0 Å². The maximum atomic E-state index is 14.2. The minimum atomic E-state index is -1.31. The van der Waals surface area contributed by atoms with Gasteiger partial charge in [-0.3, -0.25) is 0 Å². The summed E-state index contributed by atoms with van der Waals surface area (Å²) in [5.41, 5.74) is 1.52. The fraction of sp³-hybridized carbons (Fsp3) is 0.143. The first-order valence-corrected chi connectivity index (χ1v) is 7.68. The summed E-state index contributed by atoms with van der Waals surface area (Å²) in [6.45, 7) is 0. The van der Waals surface area contributed by atoms with Crippen LogP contribution in [-0.4, -0.2) is 32.5 Å². The van der Waals surface area contributed by atoms with Crippen molar-refractivity contribution in [1.82, 2.24) is 14.6 Å². The Morgan fingerprint density at radius 2 is 2.10 bits per heavy atom. The average molecular weight is 305 g/mol. The third-order valence-corrected chi connectivity index (χ3v) is 3.79. The van der Waals surface area contributed by atoms with Crippen molar-refractivity contribution in [3.63, 3.8) is 0 Å². The highest BCUT2D eigenvalue weighted by Crippen LogP contribution is 2.33. The van der Waals surface area contributed by atoms with Gasteiger partial charge in [-0.05, 0) is 24.3 Å². The second kappa shape index (κ2) is 5.34. The first kappa shape index (κ1) is 13.8. The molecule has 2 aromatic heterocycles. The number of nitrogens with zero attached hydrogens (tertiary/aromatic N) is 3. The summed E-state index contributed by atoms with van der Waals surface area (Å²) in [6.07, 6.45) is 3.05. The number of aromatic nitrogens is 3.